The van der Waals surface area contributed by atoms with Crippen LogP contribution in [-0.2, 0) is 28.5 Å². The number of nitrogens with zero attached hydrogens (tertiary/aromatic N) is 4. The largest absolute Gasteiger partial charge is 0.381 e. The third-order valence-electron chi connectivity index (χ3n) is 7.63. The Morgan fingerprint density at radius 2 is 2.00 bits per heavy atom. The number of benzene rings is 2. The second-order valence-corrected chi connectivity index (χ2v) is 10.1. The maximum Gasteiger partial charge on any atom is 0.214 e. The first-order valence-corrected chi connectivity index (χ1v) is 12.4. The van der Waals surface area contributed by atoms with Gasteiger partial charge < -0.3 is 9.64 Å². The molecule has 7 heteroatoms. The summed E-state index contributed by atoms with van der Waals surface area (Å²) in [4.78, 5) is 16.5. The molecule has 2 aliphatic rings. The average Bonchev–Trinajstić information content (AvgIpc) is 3.50. The van der Waals surface area contributed by atoms with Gasteiger partial charge in [-0.3, -0.25) is 14.4 Å². The van der Waals surface area contributed by atoms with Gasteiger partial charge in [0, 0.05) is 61.3 Å². The number of halogens is 1. The summed E-state index contributed by atoms with van der Waals surface area (Å²) in [7, 11) is 1.83. The second-order valence-electron chi connectivity index (χ2n) is 10.1. The summed E-state index contributed by atoms with van der Waals surface area (Å²) in [6.07, 6.45) is 7.58. The quantitative estimate of drug-likeness (QED) is 0.470. The van der Waals surface area contributed by atoms with Crippen LogP contribution in [0.1, 0.15) is 37.3 Å². The van der Waals surface area contributed by atoms with Crippen molar-refractivity contribution in [3.63, 3.8) is 0 Å². The van der Waals surface area contributed by atoms with Crippen LogP contribution in [0.4, 0.5) is 10.1 Å². The molecule has 2 saturated heterocycles. The highest BCUT2D eigenvalue weighted by molar-refractivity contribution is 5.78. The fourth-order valence-corrected chi connectivity index (χ4v) is 5.60. The van der Waals surface area contributed by atoms with E-state index in [4.69, 9.17) is 4.74 Å². The first kappa shape index (κ1) is 23.7. The molecular weight excluding hydrogens is 443 g/mol. The number of para-hydroxylation sites is 1. The van der Waals surface area contributed by atoms with E-state index in [0.29, 0.717) is 11.6 Å². The predicted molar refractivity (Wildman–Crippen MR) is 135 cm³/mol. The van der Waals surface area contributed by atoms with Crippen molar-refractivity contribution in [3.8, 4) is 11.1 Å². The smallest absolute Gasteiger partial charge is 0.214 e. The molecule has 35 heavy (non-hydrogen) atoms. The maximum absolute atomic E-state index is 15.1. The maximum atomic E-state index is 15.1. The Bertz CT molecular complexity index is 1190. The third-order valence-corrected chi connectivity index (χ3v) is 7.63. The highest BCUT2D eigenvalue weighted by atomic mass is 19.1. The lowest BCUT2D eigenvalue weighted by atomic mass is 9.80. The van der Waals surface area contributed by atoms with Gasteiger partial charge in [-0.05, 0) is 49.1 Å². The zero-order chi connectivity index (χ0) is 24.4. The summed E-state index contributed by atoms with van der Waals surface area (Å²) in [6, 6.07) is 13.8. The summed E-state index contributed by atoms with van der Waals surface area (Å²) >= 11 is 0. The molecule has 1 atom stereocenters. The highest BCUT2D eigenvalue weighted by Gasteiger charge is 2.40. The Morgan fingerprint density at radius 1 is 1.20 bits per heavy atom. The zero-order valence-electron chi connectivity index (χ0n) is 20.5. The predicted octanol–water partition coefficient (Wildman–Crippen LogP) is 4.53. The zero-order valence-corrected chi connectivity index (χ0v) is 20.5. The number of anilines is 1. The van der Waals surface area contributed by atoms with Crippen LogP contribution in [-0.4, -0.2) is 53.4 Å². The average molecular weight is 477 g/mol. The molecular formula is C28H33FN4O2. The van der Waals surface area contributed by atoms with E-state index in [2.05, 4.69) is 23.0 Å². The number of aryl methyl sites for hydroxylation is 1. The lowest BCUT2D eigenvalue weighted by molar-refractivity contribution is -0.107. The molecule has 2 aliphatic heterocycles. The molecule has 2 aromatic carbocycles. The van der Waals surface area contributed by atoms with Gasteiger partial charge in [0.25, 0.3) is 0 Å². The highest BCUT2D eigenvalue weighted by Crippen LogP contribution is 2.41. The van der Waals surface area contributed by atoms with Gasteiger partial charge in [-0.2, -0.15) is 5.10 Å². The Labute approximate surface area is 206 Å². The normalized spacial score (nSPS) is 21.3. The van der Waals surface area contributed by atoms with E-state index in [1.54, 1.807) is 21.8 Å². The van der Waals surface area contributed by atoms with Crippen LogP contribution < -0.4 is 4.90 Å². The molecule has 0 saturated carbocycles. The van der Waals surface area contributed by atoms with Crippen LogP contribution in [0.2, 0.25) is 0 Å². The minimum atomic E-state index is -0.326. The minimum absolute atomic E-state index is 0.0706. The van der Waals surface area contributed by atoms with E-state index in [-0.39, 0.29) is 17.8 Å². The molecule has 1 unspecified atom stereocenters. The summed E-state index contributed by atoms with van der Waals surface area (Å²) in [5.74, 6) is -0.326. The molecule has 3 heterocycles. The van der Waals surface area contributed by atoms with E-state index in [1.165, 1.54) is 6.07 Å². The van der Waals surface area contributed by atoms with Crippen molar-refractivity contribution in [1.29, 1.82) is 0 Å². The second kappa shape index (κ2) is 9.91. The number of ether oxygens (including phenoxy) is 1. The van der Waals surface area contributed by atoms with Gasteiger partial charge in [-0.25, -0.2) is 4.39 Å². The van der Waals surface area contributed by atoms with Gasteiger partial charge in [0.05, 0.1) is 12.7 Å². The summed E-state index contributed by atoms with van der Waals surface area (Å²) in [6.45, 7) is 6.13. The third kappa shape index (κ3) is 4.88. The van der Waals surface area contributed by atoms with Gasteiger partial charge in [-0.1, -0.05) is 37.3 Å². The number of hydrogen-bond donors (Lipinski definition) is 0. The summed E-state index contributed by atoms with van der Waals surface area (Å²) in [5.41, 5.74) is 4.05. The SMILES string of the molecule is Cn1cc(-c2ccc(CN(C=O)c3ccccc3C3(C)CCN(C4CCOCC4)C3)c(F)c2)cn1. The molecule has 184 valence electrons. The van der Waals surface area contributed by atoms with Crippen molar-refractivity contribution in [1.82, 2.24) is 14.7 Å². The topological polar surface area (TPSA) is 50.6 Å². The standard InChI is InChI=1S/C28H33FN4O2/c1-28(11-12-32(19-28)24-9-13-35-14-10-24)25-5-3-4-6-27(25)33(20-34)18-22-8-7-21(15-26(22)29)23-16-30-31(2)17-23/h3-8,15-17,20,24H,9-14,18-19H2,1-2H3. The monoisotopic (exact) mass is 476 g/mol. The van der Waals surface area contributed by atoms with E-state index >= 15 is 4.39 Å². The van der Waals surface area contributed by atoms with Crippen LogP contribution in [0, 0.1) is 5.82 Å². The Balaban J connectivity index is 1.38. The fraction of sp³-hybridized carbons (Fsp3) is 0.429. The molecule has 6 nitrogen and oxygen atoms in total. The lowest BCUT2D eigenvalue weighted by Crippen LogP contribution is -2.40. The molecule has 0 N–H and O–H groups in total. The Kier molecular flexibility index (Phi) is 6.71. The molecule has 0 bridgehead atoms. The van der Waals surface area contributed by atoms with Gasteiger partial charge in [0.15, 0.2) is 0 Å². The lowest BCUT2D eigenvalue weighted by Gasteiger charge is -2.34. The molecule has 0 radical (unpaired) electrons. The Hall–Kier alpha value is -3.03. The summed E-state index contributed by atoms with van der Waals surface area (Å²) in [5, 5.41) is 4.17. The van der Waals surface area contributed by atoms with E-state index < -0.39 is 0 Å². The van der Waals surface area contributed by atoms with E-state index in [9.17, 15) is 4.79 Å². The van der Waals surface area contributed by atoms with Crippen LogP contribution >= 0.6 is 0 Å². The van der Waals surface area contributed by atoms with Gasteiger partial charge in [0.2, 0.25) is 6.41 Å². The van der Waals surface area contributed by atoms with Gasteiger partial charge >= 0.3 is 0 Å². The number of aromatic nitrogens is 2. The van der Waals surface area contributed by atoms with Crippen molar-refractivity contribution >= 4 is 12.1 Å². The van der Waals surface area contributed by atoms with Crippen molar-refractivity contribution in [2.45, 2.75) is 44.2 Å². The van der Waals surface area contributed by atoms with Crippen LogP contribution in [0.3, 0.4) is 0 Å². The van der Waals surface area contributed by atoms with E-state index in [0.717, 1.165) is 74.4 Å². The van der Waals surface area contributed by atoms with Crippen molar-refractivity contribution in [3.05, 3.63) is 71.8 Å². The summed E-state index contributed by atoms with van der Waals surface area (Å²) < 4.78 is 22.3. The van der Waals surface area contributed by atoms with Gasteiger partial charge in [0.1, 0.15) is 5.82 Å². The van der Waals surface area contributed by atoms with Crippen molar-refractivity contribution < 1.29 is 13.9 Å². The molecule has 0 aliphatic carbocycles. The Morgan fingerprint density at radius 3 is 2.71 bits per heavy atom. The number of likely N-dealkylation sites (tertiary alicyclic amines) is 1. The van der Waals surface area contributed by atoms with Crippen molar-refractivity contribution in [2.24, 2.45) is 7.05 Å². The van der Waals surface area contributed by atoms with Gasteiger partial charge in [-0.15, -0.1) is 0 Å². The number of rotatable bonds is 7. The molecule has 5 rings (SSSR count). The molecule has 2 fully saturated rings. The first-order chi connectivity index (χ1) is 17.0. The van der Waals surface area contributed by atoms with Crippen molar-refractivity contribution in [2.75, 3.05) is 31.2 Å². The first-order valence-electron chi connectivity index (χ1n) is 12.4. The number of hydrogen-bond acceptors (Lipinski definition) is 4. The molecule has 1 aromatic heterocycles. The number of carbonyl (C=O) groups is 1. The van der Waals surface area contributed by atoms with Crippen LogP contribution in [0.25, 0.3) is 11.1 Å². The van der Waals surface area contributed by atoms with Crippen LogP contribution in [0.15, 0.2) is 54.9 Å². The number of amides is 1. The van der Waals surface area contributed by atoms with Crippen LogP contribution in [0.5, 0.6) is 0 Å². The minimum Gasteiger partial charge on any atom is -0.381 e. The van der Waals surface area contributed by atoms with E-state index in [1.807, 2.05) is 37.5 Å². The molecule has 3 aromatic rings. The number of carbonyl (C=O) groups excluding carboxylic acids is 1. The fourth-order valence-electron chi connectivity index (χ4n) is 5.60. The molecule has 1 amide bonds. The molecule has 0 spiro atoms.